The first-order valence-corrected chi connectivity index (χ1v) is 12.5. The molecule has 7 nitrogen and oxygen atoms in total. The van der Waals surface area contributed by atoms with Gasteiger partial charge in [0.15, 0.2) is 17.3 Å². The van der Waals surface area contributed by atoms with Crippen LogP contribution < -0.4 is 15.2 Å². The molecule has 1 aromatic heterocycles. The van der Waals surface area contributed by atoms with E-state index in [1.165, 1.54) is 7.11 Å². The fourth-order valence-corrected chi connectivity index (χ4v) is 3.93. The highest BCUT2D eigenvalue weighted by molar-refractivity contribution is 5.96. The Labute approximate surface area is 219 Å². The summed E-state index contributed by atoms with van der Waals surface area (Å²) in [6.45, 7) is 8.28. The van der Waals surface area contributed by atoms with Gasteiger partial charge in [-0.2, -0.15) is 0 Å². The molecule has 0 aliphatic heterocycles. The molecule has 3 rings (SSSR count). The molecule has 0 fully saturated rings. The van der Waals surface area contributed by atoms with Crippen molar-refractivity contribution < 1.29 is 24.5 Å². The lowest BCUT2D eigenvalue weighted by atomic mass is 9.82. The summed E-state index contributed by atoms with van der Waals surface area (Å²) in [6.07, 6.45) is 0.294. The quantitative estimate of drug-likeness (QED) is 0.309. The van der Waals surface area contributed by atoms with E-state index in [2.05, 4.69) is 13.8 Å². The summed E-state index contributed by atoms with van der Waals surface area (Å²) in [5.74, 6) is 0.726. The van der Waals surface area contributed by atoms with Crippen LogP contribution in [0.15, 0.2) is 54.6 Å². The van der Waals surface area contributed by atoms with E-state index >= 15 is 0 Å². The number of rotatable bonds is 12. The molecule has 4 N–H and O–H groups in total. The van der Waals surface area contributed by atoms with Crippen LogP contribution in [0.1, 0.15) is 60.8 Å². The van der Waals surface area contributed by atoms with E-state index < -0.39 is 5.60 Å². The number of ketones is 1. The summed E-state index contributed by atoms with van der Waals surface area (Å²) >= 11 is 0. The summed E-state index contributed by atoms with van der Waals surface area (Å²) in [5, 5.41) is 20.5. The first-order valence-electron chi connectivity index (χ1n) is 12.5. The smallest absolute Gasteiger partial charge is 0.163 e. The van der Waals surface area contributed by atoms with Gasteiger partial charge in [0.1, 0.15) is 12.2 Å². The number of aromatic nitrogens is 1. The fraction of sp³-hybridized carbons (Fsp3) is 0.400. The Bertz CT molecular complexity index is 1220. The highest BCUT2D eigenvalue weighted by atomic mass is 16.5. The second-order valence-corrected chi connectivity index (χ2v) is 10.2. The average Bonchev–Trinajstić information content (AvgIpc) is 2.90. The van der Waals surface area contributed by atoms with Crippen LogP contribution in [0.3, 0.4) is 0 Å². The minimum Gasteiger partial charge on any atom is -0.493 e. The molecule has 2 aromatic carbocycles. The monoisotopic (exact) mass is 506 g/mol. The molecule has 1 unspecified atom stereocenters. The van der Waals surface area contributed by atoms with Crippen LogP contribution in [0, 0.1) is 6.92 Å². The Balaban J connectivity index is 1.88. The van der Waals surface area contributed by atoms with Crippen LogP contribution in [-0.4, -0.2) is 47.8 Å². The summed E-state index contributed by atoms with van der Waals surface area (Å²) in [5.41, 5.74) is 9.19. The highest BCUT2D eigenvalue weighted by Crippen LogP contribution is 2.34. The van der Waals surface area contributed by atoms with Crippen molar-refractivity contribution in [1.29, 1.82) is 0 Å². The van der Waals surface area contributed by atoms with Crippen LogP contribution in [0.4, 0.5) is 0 Å². The third kappa shape index (κ3) is 6.95. The van der Waals surface area contributed by atoms with Gasteiger partial charge in [-0.15, -0.1) is 0 Å². The SMILES string of the molecule is COc1cc(C(=O)CCC(C)(O)c2cc(C(C)(C)CN)cc(-c3ccc(C)cc3)n2)ccc1OCCO. The molecule has 0 saturated heterocycles. The number of hydrogen-bond acceptors (Lipinski definition) is 7. The lowest BCUT2D eigenvalue weighted by Crippen LogP contribution is -2.30. The number of Topliss-reactive ketones (excluding diaryl/α,β-unsaturated/α-hetero) is 1. The number of aryl methyl sites for hydroxylation is 1. The van der Waals surface area contributed by atoms with Crippen molar-refractivity contribution in [3.63, 3.8) is 0 Å². The summed E-state index contributed by atoms with van der Waals surface area (Å²) < 4.78 is 10.8. The van der Waals surface area contributed by atoms with E-state index in [4.69, 9.17) is 25.3 Å². The molecule has 198 valence electrons. The number of nitrogens with zero attached hydrogens (tertiary/aromatic N) is 1. The summed E-state index contributed by atoms with van der Waals surface area (Å²) in [7, 11) is 1.49. The molecule has 0 spiro atoms. The van der Waals surface area contributed by atoms with Gasteiger partial charge >= 0.3 is 0 Å². The maximum atomic E-state index is 13.0. The highest BCUT2D eigenvalue weighted by Gasteiger charge is 2.30. The molecular weight excluding hydrogens is 468 g/mol. The maximum absolute atomic E-state index is 13.0. The number of aliphatic hydroxyl groups excluding tert-OH is 1. The molecule has 1 heterocycles. The Kier molecular flexibility index (Phi) is 9.07. The zero-order valence-corrected chi connectivity index (χ0v) is 22.4. The minimum atomic E-state index is -1.34. The zero-order valence-electron chi connectivity index (χ0n) is 22.4. The van der Waals surface area contributed by atoms with Gasteiger partial charge in [0.2, 0.25) is 0 Å². The van der Waals surface area contributed by atoms with Gasteiger partial charge in [0, 0.05) is 29.5 Å². The largest absolute Gasteiger partial charge is 0.493 e. The first kappa shape index (κ1) is 28.3. The second-order valence-electron chi connectivity index (χ2n) is 10.2. The number of nitrogens with two attached hydrogens (primary N) is 1. The maximum Gasteiger partial charge on any atom is 0.163 e. The lowest BCUT2D eigenvalue weighted by molar-refractivity contribution is 0.0396. The standard InChI is InChI=1S/C30H38N2O5/c1-20-6-8-21(9-7-20)24-17-23(29(2,3)19-31)18-28(32-24)30(4,35)13-12-25(34)22-10-11-26(37-15-14-33)27(16-22)36-5/h6-11,16-18,33,35H,12-15,19,31H2,1-5H3. The van der Waals surface area contributed by atoms with Crippen LogP contribution in [0.25, 0.3) is 11.3 Å². The number of carbonyl (C=O) groups is 1. The summed E-state index contributed by atoms with van der Waals surface area (Å²) in [4.78, 5) is 17.8. The number of benzene rings is 2. The average molecular weight is 507 g/mol. The van der Waals surface area contributed by atoms with Crippen molar-refractivity contribution >= 4 is 5.78 Å². The number of aliphatic hydroxyl groups is 2. The van der Waals surface area contributed by atoms with Crippen molar-refractivity contribution in [3.8, 4) is 22.8 Å². The molecule has 3 aromatic rings. The molecule has 0 aliphatic carbocycles. The van der Waals surface area contributed by atoms with Gasteiger partial charge in [-0.3, -0.25) is 4.79 Å². The molecule has 37 heavy (non-hydrogen) atoms. The number of ether oxygens (including phenoxy) is 2. The van der Waals surface area contributed by atoms with E-state index in [1.54, 1.807) is 25.1 Å². The van der Waals surface area contributed by atoms with E-state index in [9.17, 15) is 9.90 Å². The van der Waals surface area contributed by atoms with Crippen LogP contribution in [0.2, 0.25) is 0 Å². The van der Waals surface area contributed by atoms with Gasteiger partial charge in [-0.05, 0) is 56.2 Å². The second kappa shape index (κ2) is 11.9. The van der Waals surface area contributed by atoms with Crippen molar-refractivity contribution in [2.24, 2.45) is 5.73 Å². The molecule has 0 aliphatic rings. The molecule has 0 amide bonds. The first-order chi connectivity index (χ1) is 17.5. The van der Waals surface area contributed by atoms with E-state index in [0.29, 0.717) is 29.3 Å². The fourth-order valence-electron chi connectivity index (χ4n) is 3.93. The number of carbonyl (C=O) groups excluding carboxylic acids is 1. The van der Waals surface area contributed by atoms with Crippen molar-refractivity contribution in [1.82, 2.24) is 4.98 Å². The minimum absolute atomic E-state index is 0.110. The van der Waals surface area contributed by atoms with Crippen molar-refractivity contribution in [2.75, 3.05) is 26.9 Å². The van der Waals surface area contributed by atoms with E-state index in [1.807, 2.05) is 43.3 Å². The van der Waals surface area contributed by atoms with Gasteiger partial charge < -0.3 is 25.4 Å². The zero-order chi connectivity index (χ0) is 27.2. The Morgan fingerprint density at radius 2 is 1.73 bits per heavy atom. The van der Waals surface area contributed by atoms with Gasteiger partial charge in [0.05, 0.1) is 25.1 Å². The Morgan fingerprint density at radius 1 is 1.03 bits per heavy atom. The van der Waals surface area contributed by atoms with Gasteiger partial charge in [-0.1, -0.05) is 43.7 Å². The van der Waals surface area contributed by atoms with Gasteiger partial charge in [0.25, 0.3) is 0 Å². The normalized spacial score (nSPS) is 13.2. The third-order valence-electron chi connectivity index (χ3n) is 6.69. The molecular formula is C30H38N2O5. The topological polar surface area (TPSA) is 115 Å². The number of hydrogen-bond donors (Lipinski definition) is 3. The molecule has 0 bridgehead atoms. The molecule has 0 saturated carbocycles. The van der Waals surface area contributed by atoms with Crippen molar-refractivity contribution in [3.05, 3.63) is 77.0 Å². The Morgan fingerprint density at radius 3 is 2.35 bits per heavy atom. The summed E-state index contributed by atoms with van der Waals surface area (Å²) in [6, 6.07) is 16.9. The number of pyridine rings is 1. The predicted molar refractivity (Wildman–Crippen MR) is 145 cm³/mol. The Hall–Kier alpha value is -3.26. The van der Waals surface area contributed by atoms with Gasteiger partial charge in [-0.25, -0.2) is 4.98 Å². The van der Waals surface area contributed by atoms with Crippen LogP contribution in [0.5, 0.6) is 11.5 Å². The molecule has 0 radical (unpaired) electrons. The molecule has 1 atom stereocenters. The predicted octanol–water partition coefficient (Wildman–Crippen LogP) is 4.54. The van der Waals surface area contributed by atoms with Crippen LogP contribution in [-0.2, 0) is 11.0 Å². The third-order valence-corrected chi connectivity index (χ3v) is 6.69. The number of methoxy groups -OCH3 is 1. The van der Waals surface area contributed by atoms with E-state index in [0.717, 1.165) is 22.4 Å². The van der Waals surface area contributed by atoms with E-state index in [-0.39, 0.29) is 37.3 Å². The van der Waals surface area contributed by atoms with Crippen molar-refractivity contribution in [2.45, 2.75) is 51.6 Å². The molecule has 7 heteroatoms. The lowest BCUT2D eigenvalue weighted by Gasteiger charge is -2.28. The van der Waals surface area contributed by atoms with Crippen LogP contribution >= 0.6 is 0 Å².